The van der Waals surface area contributed by atoms with Crippen LogP contribution in [-0.2, 0) is 20.7 Å². The highest BCUT2D eigenvalue weighted by molar-refractivity contribution is 5.97. The Hall–Kier alpha value is -3.16. The summed E-state index contributed by atoms with van der Waals surface area (Å²) in [7, 11) is 0. The molecule has 0 aliphatic carbocycles. The minimum absolute atomic E-state index is 0.0307. The zero-order valence-electron chi connectivity index (χ0n) is 20.3. The molecule has 2 fully saturated rings. The number of carbonyl (C=O) groups excluding carboxylic acids is 2. The molecule has 3 aromatic rings. The molecule has 0 saturated carbocycles. The van der Waals surface area contributed by atoms with E-state index in [0.29, 0.717) is 13.0 Å². The number of H-pyrrole nitrogens is 1. The molecule has 4 heterocycles. The van der Waals surface area contributed by atoms with Crippen molar-refractivity contribution in [3.63, 3.8) is 0 Å². The van der Waals surface area contributed by atoms with Crippen molar-refractivity contribution in [1.82, 2.24) is 14.8 Å². The predicted octanol–water partition coefficient (Wildman–Crippen LogP) is 1.47. The van der Waals surface area contributed by atoms with E-state index in [9.17, 15) is 9.59 Å². The highest BCUT2D eigenvalue weighted by atomic mass is 16.5. The number of rotatable bonds is 5. The Balaban J connectivity index is 1.31. The lowest BCUT2D eigenvalue weighted by Crippen LogP contribution is -3.14. The second-order valence-corrected chi connectivity index (χ2v) is 10.1. The molecule has 0 bridgehead atoms. The van der Waals surface area contributed by atoms with Crippen LogP contribution >= 0.6 is 0 Å². The van der Waals surface area contributed by atoms with E-state index in [1.165, 1.54) is 10.5 Å². The van der Waals surface area contributed by atoms with Crippen LogP contribution in [0.25, 0.3) is 10.9 Å². The topological polar surface area (TPSA) is 70.1 Å². The van der Waals surface area contributed by atoms with E-state index in [1.54, 1.807) is 4.90 Å². The number of quaternary nitrogens is 1. The number of amides is 2. The number of nitrogens with one attached hydrogen (secondary N) is 2. The number of aryl methyl sites for hydroxylation is 1. The van der Waals surface area contributed by atoms with Crippen molar-refractivity contribution >= 4 is 22.7 Å². The maximum absolute atomic E-state index is 13.8. The molecular formula is C28H33N4O3+. The summed E-state index contributed by atoms with van der Waals surface area (Å²) >= 11 is 0. The molecule has 7 nitrogen and oxygen atoms in total. The number of morpholine rings is 1. The maximum Gasteiger partial charge on any atom is 0.246 e. The van der Waals surface area contributed by atoms with Crippen molar-refractivity contribution in [2.24, 2.45) is 0 Å². The number of benzene rings is 2. The molecule has 6 rings (SSSR count). The maximum atomic E-state index is 13.8. The van der Waals surface area contributed by atoms with Crippen LogP contribution in [0.15, 0.2) is 48.5 Å². The molecule has 0 radical (unpaired) electrons. The standard InChI is InChI=1S/C28H32N4O3/c1-19-7-9-20(10-8-19)27-26-22(21-5-2-3-6-23(21)29-26)17-24-28(34)31(18-25(33)32(24)27)12-4-11-30-13-15-35-16-14-30/h2-3,5-10,24,27,29H,4,11-18H2,1H3/p+1/t24-,27-/m0/s1. The zero-order chi connectivity index (χ0) is 23.9. The molecule has 2 N–H and O–H groups in total. The molecule has 1 aromatic heterocycles. The first-order valence-electron chi connectivity index (χ1n) is 12.8. The van der Waals surface area contributed by atoms with Crippen molar-refractivity contribution in [2.45, 2.75) is 31.8 Å². The molecule has 7 heteroatoms. The molecule has 0 unspecified atom stereocenters. The minimum Gasteiger partial charge on any atom is -0.370 e. The summed E-state index contributed by atoms with van der Waals surface area (Å²) in [5, 5.41) is 1.15. The lowest BCUT2D eigenvalue weighted by Gasteiger charge is -2.47. The third-order valence-corrected chi connectivity index (χ3v) is 7.89. The number of piperazine rings is 1. The number of carbonyl (C=O) groups is 2. The van der Waals surface area contributed by atoms with E-state index in [4.69, 9.17) is 4.74 Å². The Morgan fingerprint density at radius 2 is 1.83 bits per heavy atom. The first kappa shape index (κ1) is 22.3. The van der Waals surface area contributed by atoms with E-state index in [-0.39, 0.29) is 24.4 Å². The van der Waals surface area contributed by atoms with Gasteiger partial charge < -0.3 is 24.4 Å². The normalized spacial score (nSPS) is 23.0. The van der Waals surface area contributed by atoms with Gasteiger partial charge in [0.15, 0.2) is 0 Å². The second kappa shape index (κ2) is 9.13. The molecule has 2 aromatic carbocycles. The molecule has 3 aliphatic rings. The van der Waals surface area contributed by atoms with Crippen LogP contribution in [0.3, 0.4) is 0 Å². The van der Waals surface area contributed by atoms with Crippen LogP contribution < -0.4 is 4.90 Å². The summed E-state index contributed by atoms with van der Waals surface area (Å²) in [5.74, 6) is 0.109. The smallest absolute Gasteiger partial charge is 0.246 e. The van der Waals surface area contributed by atoms with Crippen LogP contribution in [0.1, 0.15) is 34.8 Å². The van der Waals surface area contributed by atoms with Crippen LogP contribution in [0.2, 0.25) is 0 Å². The van der Waals surface area contributed by atoms with Crippen molar-refractivity contribution < 1.29 is 19.2 Å². The van der Waals surface area contributed by atoms with Crippen LogP contribution in [0.4, 0.5) is 0 Å². The lowest BCUT2D eigenvalue weighted by molar-refractivity contribution is -0.908. The Kier molecular flexibility index (Phi) is 5.82. The first-order valence-corrected chi connectivity index (χ1v) is 12.8. The quantitative estimate of drug-likeness (QED) is 0.590. The summed E-state index contributed by atoms with van der Waals surface area (Å²) in [5.41, 5.74) is 5.47. The average molecular weight is 474 g/mol. The fourth-order valence-electron chi connectivity index (χ4n) is 6.04. The summed E-state index contributed by atoms with van der Waals surface area (Å²) in [6, 6.07) is 15.8. The van der Waals surface area contributed by atoms with Crippen LogP contribution in [0.5, 0.6) is 0 Å². The third kappa shape index (κ3) is 4.02. The van der Waals surface area contributed by atoms with Crippen molar-refractivity contribution in [3.8, 4) is 0 Å². The molecule has 182 valence electrons. The molecule has 35 heavy (non-hydrogen) atoms. The predicted molar refractivity (Wildman–Crippen MR) is 133 cm³/mol. The van der Waals surface area contributed by atoms with Gasteiger partial charge in [-0.3, -0.25) is 9.59 Å². The third-order valence-electron chi connectivity index (χ3n) is 7.89. The summed E-state index contributed by atoms with van der Waals surface area (Å²) in [6.45, 7) is 7.51. The van der Waals surface area contributed by atoms with Gasteiger partial charge in [-0.25, -0.2) is 0 Å². The van der Waals surface area contributed by atoms with Crippen LogP contribution in [-0.4, -0.2) is 78.6 Å². The minimum atomic E-state index is -0.468. The van der Waals surface area contributed by atoms with Crippen molar-refractivity contribution in [1.29, 1.82) is 0 Å². The van der Waals surface area contributed by atoms with E-state index in [2.05, 4.69) is 48.3 Å². The van der Waals surface area contributed by atoms with Crippen molar-refractivity contribution in [3.05, 3.63) is 70.9 Å². The number of aromatic amines is 1. The summed E-state index contributed by atoms with van der Waals surface area (Å²) < 4.78 is 5.45. The molecule has 3 aliphatic heterocycles. The van der Waals surface area contributed by atoms with Gasteiger partial charge in [0.1, 0.15) is 19.1 Å². The monoisotopic (exact) mass is 473 g/mol. The number of hydrogen-bond donors (Lipinski definition) is 2. The fourth-order valence-corrected chi connectivity index (χ4v) is 6.04. The number of aromatic nitrogens is 1. The van der Waals surface area contributed by atoms with E-state index < -0.39 is 6.04 Å². The van der Waals surface area contributed by atoms with E-state index in [1.807, 2.05) is 17.0 Å². The van der Waals surface area contributed by atoms with Gasteiger partial charge in [-0.05, 0) is 24.1 Å². The van der Waals surface area contributed by atoms with Crippen molar-refractivity contribution in [2.75, 3.05) is 45.9 Å². The largest absolute Gasteiger partial charge is 0.370 e. The van der Waals surface area contributed by atoms with Gasteiger partial charge in [-0.1, -0.05) is 48.0 Å². The Morgan fingerprint density at radius 3 is 2.63 bits per heavy atom. The van der Waals surface area contributed by atoms with Gasteiger partial charge in [-0.2, -0.15) is 0 Å². The zero-order valence-corrected chi connectivity index (χ0v) is 20.3. The number of hydrogen-bond acceptors (Lipinski definition) is 3. The van der Waals surface area contributed by atoms with E-state index in [0.717, 1.165) is 67.0 Å². The Bertz CT molecular complexity index is 1240. The number of ether oxygens (including phenoxy) is 1. The molecule has 0 spiro atoms. The lowest BCUT2D eigenvalue weighted by atomic mass is 9.86. The van der Waals surface area contributed by atoms with Gasteiger partial charge in [0.2, 0.25) is 11.8 Å². The first-order chi connectivity index (χ1) is 17.1. The Labute approximate surface area is 205 Å². The van der Waals surface area contributed by atoms with E-state index >= 15 is 0 Å². The molecular weight excluding hydrogens is 440 g/mol. The van der Waals surface area contributed by atoms with Gasteiger partial charge in [0.25, 0.3) is 0 Å². The Morgan fingerprint density at radius 1 is 1.06 bits per heavy atom. The van der Waals surface area contributed by atoms with Gasteiger partial charge in [-0.15, -0.1) is 0 Å². The molecule has 2 amide bonds. The van der Waals surface area contributed by atoms with Gasteiger partial charge in [0, 0.05) is 36.0 Å². The number of nitrogens with zero attached hydrogens (tertiary/aromatic N) is 2. The fraction of sp³-hybridized carbons (Fsp3) is 0.429. The van der Waals surface area contributed by atoms with Crippen LogP contribution in [0, 0.1) is 6.92 Å². The molecule has 2 atom stereocenters. The number of para-hydroxylation sites is 1. The highest BCUT2D eigenvalue weighted by Crippen LogP contribution is 2.42. The van der Waals surface area contributed by atoms with Gasteiger partial charge >= 0.3 is 0 Å². The second-order valence-electron chi connectivity index (χ2n) is 10.1. The number of fused-ring (bicyclic) bond motifs is 4. The highest BCUT2D eigenvalue weighted by Gasteiger charge is 2.48. The average Bonchev–Trinajstić information content (AvgIpc) is 3.25. The SMILES string of the molecule is Cc1ccc([C@H]2c3[nH]c4ccccc4c3C[C@H]3C(=O)N(CCC[NH+]4CCOCC4)CC(=O)N23)cc1. The van der Waals surface area contributed by atoms with Gasteiger partial charge in [0.05, 0.1) is 32.3 Å². The summed E-state index contributed by atoms with van der Waals surface area (Å²) in [6.07, 6.45) is 1.46. The summed E-state index contributed by atoms with van der Waals surface area (Å²) in [4.78, 5) is 36.2. The molecule has 2 saturated heterocycles.